The minimum Gasteiger partial charge on any atom is -0.493 e. The van der Waals surface area contributed by atoms with Crippen LogP contribution in [0.15, 0.2) is 36.4 Å². The summed E-state index contributed by atoms with van der Waals surface area (Å²) in [4.78, 5) is 12.5. The van der Waals surface area contributed by atoms with Gasteiger partial charge in [-0.2, -0.15) is 13.2 Å². The topological polar surface area (TPSA) is 66.0 Å². The molecule has 2 aromatic carbocycles. The van der Waals surface area contributed by atoms with Crippen LogP contribution in [0.4, 0.5) is 13.2 Å². The van der Waals surface area contributed by atoms with Crippen molar-refractivity contribution in [2.24, 2.45) is 0 Å². The fraction of sp³-hybridized carbons (Fsp3) is 0.316. The maximum absolute atomic E-state index is 12.5. The third-order valence-electron chi connectivity index (χ3n) is 3.70. The summed E-state index contributed by atoms with van der Waals surface area (Å²) in [7, 11) is 4.29. The molecular formula is C19H20F3NO5. The van der Waals surface area contributed by atoms with Crippen LogP contribution in [-0.2, 0) is 6.54 Å². The van der Waals surface area contributed by atoms with Crippen LogP contribution in [-0.4, -0.2) is 40.0 Å². The maximum Gasteiger partial charge on any atom is 0.422 e. The first-order valence-electron chi connectivity index (χ1n) is 8.14. The molecule has 0 aromatic heterocycles. The van der Waals surface area contributed by atoms with E-state index in [0.717, 1.165) is 0 Å². The van der Waals surface area contributed by atoms with E-state index in [9.17, 15) is 18.0 Å². The van der Waals surface area contributed by atoms with E-state index in [2.05, 4.69) is 5.32 Å². The molecule has 0 bridgehead atoms. The Kier molecular flexibility index (Phi) is 6.97. The van der Waals surface area contributed by atoms with Gasteiger partial charge in [0.2, 0.25) is 5.75 Å². The highest BCUT2D eigenvalue weighted by molar-refractivity contribution is 5.98. The van der Waals surface area contributed by atoms with Crippen LogP contribution in [0.2, 0.25) is 0 Å². The molecule has 0 radical (unpaired) electrons. The molecule has 0 aliphatic heterocycles. The quantitative estimate of drug-likeness (QED) is 0.735. The van der Waals surface area contributed by atoms with Gasteiger partial charge in [-0.25, -0.2) is 0 Å². The number of nitrogens with one attached hydrogen (secondary N) is 1. The molecule has 0 fully saturated rings. The smallest absolute Gasteiger partial charge is 0.422 e. The molecule has 1 N–H and O–H groups in total. The molecule has 2 aromatic rings. The Morgan fingerprint density at radius 2 is 1.71 bits per heavy atom. The second-order valence-corrected chi connectivity index (χ2v) is 5.62. The Bertz CT molecular complexity index is 824. The lowest BCUT2D eigenvalue weighted by atomic mass is 10.1. The van der Waals surface area contributed by atoms with Gasteiger partial charge in [-0.05, 0) is 29.8 Å². The van der Waals surface area contributed by atoms with E-state index in [1.165, 1.54) is 39.5 Å². The Labute approximate surface area is 160 Å². The summed E-state index contributed by atoms with van der Waals surface area (Å²) in [6.07, 6.45) is -4.42. The van der Waals surface area contributed by atoms with Crippen molar-refractivity contribution in [3.05, 3.63) is 47.5 Å². The summed E-state index contributed by atoms with van der Waals surface area (Å²) < 4.78 is 57.2. The van der Waals surface area contributed by atoms with Gasteiger partial charge < -0.3 is 24.3 Å². The fourth-order valence-electron chi connectivity index (χ4n) is 2.47. The third kappa shape index (κ3) is 5.45. The lowest BCUT2D eigenvalue weighted by molar-refractivity contribution is -0.153. The highest BCUT2D eigenvalue weighted by Gasteiger charge is 2.28. The number of methoxy groups -OCH3 is 3. The number of carbonyl (C=O) groups is 1. The molecule has 0 spiro atoms. The highest BCUT2D eigenvalue weighted by Crippen LogP contribution is 2.39. The Hall–Kier alpha value is -3.10. The van der Waals surface area contributed by atoms with Crippen LogP contribution in [0.5, 0.6) is 23.0 Å². The zero-order valence-corrected chi connectivity index (χ0v) is 15.6. The largest absolute Gasteiger partial charge is 0.493 e. The molecule has 0 heterocycles. The summed E-state index contributed by atoms with van der Waals surface area (Å²) in [5.41, 5.74) is 0.803. The first-order chi connectivity index (χ1) is 13.3. The van der Waals surface area contributed by atoms with E-state index in [1.807, 2.05) is 0 Å². The maximum atomic E-state index is 12.5. The third-order valence-corrected chi connectivity index (χ3v) is 3.70. The van der Waals surface area contributed by atoms with Crippen molar-refractivity contribution in [3.63, 3.8) is 0 Å². The molecule has 28 heavy (non-hydrogen) atoms. The van der Waals surface area contributed by atoms with E-state index in [-0.39, 0.29) is 29.4 Å². The predicted molar refractivity (Wildman–Crippen MR) is 95.3 cm³/mol. The van der Waals surface area contributed by atoms with E-state index >= 15 is 0 Å². The van der Waals surface area contributed by atoms with Gasteiger partial charge in [-0.15, -0.1) is 0 Å². The lowest BCUT2D eigenvalue weighted by Gasteiger charge is -2.15. The van der Waals surface area contributed by atoms with Gasteiger partial charge >= 0.3 is 6.18 Å². The van der Waals surface area contributed by atoms with Gasteiger partial charge in [0.25, 0.3) is 5.91 Å². The molecule has 0 saturated heterocycles. The van der Waals surface area contributed by atoms with E-state index in [0.29, 0.717) is 11.3 Å². The van der Waals surface area contributed by atoms with Crippen LogP contribution >= 0.6 is 0 Å². The number of benzene rings is 2. The van der Waals surface area contributed by atoms with Crippen LogP contribution in [0.1, 0.15) is 15.9 Å². The normalized spacial score (nSPS) is 10.9. The Balaban J connectivity index is 2.10. The average Bonchev–Trinajstić information content (AvgIpc) is 2.68. The summed E-state index contributed by atoms with van der Waals surface area (Å²) in [6, 6.07) is 9.14. The van der Waals surface area contributed by atoms with Crippen molar-refractivity contribution < 1.29 is 36.9 Å². The van der Waals surface area contributed by atoms with Crippen LogP contribution in [0, 0.1) is 0 Å². The molecule has 0 unspecified atom stereocenters. The fourth-order valence-corrected chi connectivity index (χ4v) is 2.47. The van der Waals surface area contributed by atoms with Gasteiger partial charge in [0.15, 0.2) is 18.1 Å². The molecule has 0 atom stereocenters. The minimum atomic E-state index is -4.42. The number of alkyl halides is 3. The average molecular weight is 399 g/mol. The van der Waals surface area contributed by atoms with Crippen molar-refractivity contribution in [3.8, 4) is 23.0 Å². The Morgan fingerprint density at radius 1 is 1.00 bits per heavy atom. The predicted octanol–water partition coefficient (Wildman–Crippen LogP) is 3.58. The number of halogens is 3. The van der Waals surface area contributed by atoms with Gasteiger partial charge in [-0.1, -0.05) is 12.1 Å². The van der Waals surface area contributed by atoms with Crippen molar-refractivity contribution in [2.45, 2.75) is 12.7 Å². The van der Waals surface area contributed by atoms with Gasteiger partial charge in [0.1, 0.15) is 5.75 Å². The number of hydrogen-bond donors (Lipinski definition) is 1. The Morgan fingerprint density at radius 3 is 2.32 bits per heavy atom. The van der Waals surface area contributed by atoms with Crippen molar-refractivity contribution >= 4 is 5.91 Å². The van der Waals surface area contributed by atoms with Gasteiger partial charge in [0, 0.05) is 6.54 Å². The first kappa shape index (κ1) is 21.2. The van der Waals surface area contributed by atoms with E-state index in [4.69, 9.17) is 18.9 Å². The summed E-state index contributed by atoms with van der Waals surface area (Å²) in [5.74, 6) is 0.513. The molecule has 152 valence electrons. The van der Waals surface area contributed by atoms with Crippen LogP contribution < -0.4 is 24.3 Å². The van der Waals surface area contributed by atoms with Gasteiger partial charge in [-0.3, -0.25) is 4.79 Å². The lowest BCUT2D eigenvalue weighted by Crippen LogP contribution is -2.23. The van der Waals surface area contributed by atoms with Crippen molar-refractivity contribution in [1.29, 1.82) is 0 Å². The number of amides is 1. The molecule has 0 aliphatic carbocycles. The minimum absolute atomic E-state index is 0.0628. The molecule has 1 amide bonds. The number of hydrogen-bond acceptors (Lipinski definition) is 5. The molecular weight excluding hydrogens is 379 g/mol. The monoisotopic (exact) mass is 399 g/mol. The van der Waals surface area contributed by atoms with Crippen LogP contribution in [0.3, 0.4) is 0 Å². The summed E-state index contributed by atoms with van der Waals surface area (Å²) in [5, 5.41) is 2.69. The SMILES string of the molecule is COc1ccc(C(=O)NCc2cccc(OCC(F)(F)F)c2)c(OC)c1OC. The molecule has 6 nitrogen and oxygen atoms in total. The summed E-state index contributed by atoms with van der Waals surface area (Å²) in [6.45, 7) is -1.30. The van der Waals surface area contributed by atoms with E-state index < -0.39 is 18.7 Å². The summed E-state index contributed by atoms with van der Waals surface area (Å²) >= 11 is 0. The van der Waals surface area contributed by atoms with Gasteiger partial charge in [0.05, 0.1) is 26.9 Å². The second kappa shape index (κ2) is 9.20. The van der Waals surface area contributed by atoms with Crippen molar-refractivity contribution in [2.75, 3.05) is 27.9 Å². The molecule has 0 saturated carbocycles. The number of carbonyl (C=O) groups excluding carboxylic acids is 1. The standard InChI is InChI=1S/C19H20F3NO5/c1-25-15-8-7-14(16(26-2)17(15)27-3)18(24)23-10-12-5-4-6-13(9-12)28-11-19(20,21)22/h4-9H,10-11H2,1-3H3,(H,23,24). The number of rotatable bonds is 8. The molecule has 9 heteroatoms. The number of ether oxygens (including phenoxy) is 4. The second-order valence-electron chi connectivity index (χ2n) is 5.62. The molecule has 2 rings (SSSR count). The van der Waals surface area contributed by atoms with Crippen LogP contribution in [0.25, 0.3) is 0 Å². The highest BCUT2D eigenvalue weighted by atomic mass is 19.4. The zero-order chi connectivity index (χ0) is 20.7. The first-order valence-corrected chi connectivity index (χ1v) is 8.14. The zero-order valence-electron chi connectivity index (χ0n) is 15.6. The van der Waals surface area contributed by atoms with E-state index in [1.54, 1.807) is 18.2 Å². The molecule has 0 aliphatic rings. The van der Waals surface area contributed by atoms with Crippen molar-refractivity contribution in [1.82, 2.24) is 5.32 Å².